The number of hydrogen-bond acceptors (Lipinski definition) is 1. The van der Waals surface area contributed by atoms with Gasteiger partial charge in [0.25, 0.3) is 0 Å². The zero-order valence-corrected chi connectivity index (χ0v) is 7.44. The van der Waals surface area contributed by atoms with E-state index in [0.29, 0.717) is 0 Å². The van der Waals surface area contributed by atoms with Gasteiger partial charge in [-0.05, 0) is 12.5 Å². The summed E-state index contributed by atoms with van der Waals surface area (Å²) >= 11 is 0. The molecule has 0 fully saturated rings. The summed E-state index contributed by atoms with van der Waals surface area (Å²) in [4.78, 5) is 0. The van der Waals surface area contributed by atoms with Crippen LogP contribution < -0.4 is 0 Å². The molecule has 0 spiro atoms. The van der Waals surface area contributed by atoms with Crippen molar-refractivity contribution in [2.45, 2.75) is 32.8 Å². The second-order valence-electron chi connectivity index (χ2n) is 2.37. The van der Waals surface area contributed by atoms with E-state index in [1.165, 1.54) is 13.0 Å². The molecule has 0 radical (unpaired) electrons. The zero-order chi connectivity index (χ0) is 9.61. The lowest BCUT2D eigenvalue weighted by Crippen LogP contribution is -2.17. The second-order valence-corrected chi connectivity index (χ2v) is 2.37. The van der Waals surface area contributed by atoms with Crippen molar-refractivity contribution in [1.82, 2.24) is 0 Å². The third kappa shape index (κ3) is 4.88. The Bertz CT molecular complexity index is 173. The van der Waals surface area contributed by atoms with Gasteiger partial charge in [0.2, 0.25) is 0 Å². The van der Waals surface area contributed by atoms with E-state index in [4.69, 9.17) is 0 Å². The van der Waals surface area contributed by atoms with Gasteiger partial charge in [0.1, 0.15) is 5.76 Å². The summed E-state index contributed by atoms with van der Waals surface area (Å²) in [6.45, 7) is 6.60. The molecule has 1 nitrogen and oxygen atoms in total. The Labute approximate surface area is 71.7 Å². The van der Waals surface area contributed by atoms with E-state index in [1.54, 1.807) is 6.08 Å². The predicted octanol–water partition coefficient (Wildman–Crippen LogP) is 3.49. The number of alkyl halides is 2. The zero-order valence-electron chi connectivity index (χ0n) is 7.44. The maximum atomic E-state index is 12.5. The van der Waals surface area contributed by atoms with Crippen molar-refractivity contribution in [2.24, 2.45) is 0 Å². The average molecular weight is 176 g/mol. The predicted molar refractivity (Wildman–Crippen MR) is 44.9 cm³/mol. The summed E-state index contributed by atoms with van der Waals surface area (Å²) in [7, 11) is 0. The van der Waals surface area contributed by atoms with Crippen LogP contribution in [0, 0.1) is 0 Å². The van der Waals surface area contributed by atoms with Crippen molar-refractivity contribution >= 4 is 0 Å². The molecule has 0 rings (SSSR count). The van der Waals surface area contributed by atoms with Gasteiger partial charge < -0.3 is 4.74 Å². The van der Waals surface area contributed by atoms with E-state index in [1.807, 2.05) is 6.92 Å². The molecule has 0 aromatic carbocycles. The van der Waals surface area contributed by atoms with Crippen LogP contribution in [-0.4, -0.2) is 6.11 Å². The van der Waals surface area contributed by atoms with Gasteiger partial charge in [0, 0.05) is 6.42 Å². The molecule has 0 aliphatic rings. The highest BCUT2D eigenvalue weighted by Gasteiger charge is 2.28. The van der Waals surface area contributed by atoms with Crippen LogP contribution in [0.5, 0.6) is 0 Å². The molecule has 0 atom stereocenters. The van der Waals surface area contributed by atoms with Crippen LogP contribution in [0.2, 0.25) is 0 Å². The standard InChI is InChI=1S/C9H14F2O/c1-4-6-7-8(3)12-9(10,11)5-2/h6-7H,3-5H2,1-2H3/b7-6-. The van der Waals surface area contributed by atoms with Crippen molar-refractivity contribution in [3.8, 4) is 0 Å². The third-order valence-electron chi connectivity index (χ3n) is 1.23. The lowest BCUT2D eigenvalue weighted by atomic mass is 10.4. The molecular formula is C9H14F2O. The van der Waals surface area contributed by atoms with Crippen molar-refractivity contribution < 1.29 is 13.5 Å². The Hall–Kier alpha value is -0.860. The SMILES string of the molecule is C=C(/C=C\CC)OC(F)(F)CC. The van der Waals surface area contributed by atoms with Crippen LogP contribution in [-0.2, 0) is 4.74 Å². The molecule has 0 heterocycles. The number of ether oxygens (including phenoxy) is 1. The van der Waals surface area contributed by atoms with E-state index in [0.717, 1.165) is 6.42 Å². The highest BCUT2D eigenvalue weighted by molar-refractivity contribution is 5.07. The van der Waals surface area contributed by atoms with Crippen molar-refractivity contribution in [2.75, 3.05) is 0 Å². The minimum absolute atomic E-state index is 0.00343. The fourth-order valence-corrected chi connectivity index (χ4v) is 0.547. The quantitative estimate of drug-likeness (QED) is 0.460. The summed E-state index contributed by atoms with van der Waals surface area (Å²) in [5, 5.41) is 0. The van der Waals surface area contributed by atoms with E-state index < -0.39 is 6.11 Å². The van der Waals surface area contributed by atoms with Gasteiger partial charge in [-0.25, -0.2) is 0 Å². The van der Waals surface area contributed by atoms with Crippen molar-refractivity contribution in [1.29, 1.82) is 0 Å². The van der Waals surface area contributed by atoms with Crippen molar-refractivity contribution in [3.63, 3.8) is 0 Å². The van der Waals surface area contributed by atoms with Crippen LogP contribution in [0.1, 0.15) is 26.7 Å². The van der Waals surface area contributed by atoms with Crippen molar-refractivity contribution in [3.05, 3.63) is 24.5 Å². The maximum absolute atomic E-state index is 12.5. The summed E-state index contributed by atoms with van der Waals surface area (Å²) in [5.41, 5.74) is 0. The summed E-state index contributed by atoms with van der Waals surface area (Å²) in [6.07, 6.45) is 0.513. The molecule has 0 saturated carbocycles. The number of rotatable bonds is 5. The molecule has 0 aliphatic carbocycles. The number of hydrogen-bond donors (Lipinski definition) is 0. The van der Waals surface area contributed by atoms with Crippen LogP contribution in [0.15, 0.2) is 24.5 Å². The lowest BCUT2D eigenvalue weighted by molar-refractivity contribution is -0.211. The molecule has 0 amide bonds. The first kappa shape index (κ1) is 11.1. The largest absolute Gasteiger partial charge is 0.433 e. The molecule has 0 N–H and O–H groups in total. The van der Waals surface area contributed by atoms with Gasteiger partial charge in [-0.15, -0.1) is 0 Å². The minimum Gasteiger partial charge on any atom is -0.433 e. The Morgan fingerprint density at radius 1 is 1.50 bits per heavy atom. The topological polar surface area (TPSA) is 9.23 Å². The molecule has 0 bridgehead atoms. The molecule has 0 unspecified atom stereocenters. The molecular weight excluding hydrogens is 162 g/mol. The fraction of sp³-hybridized carbons (Fsp3) is 0.556. The molecule has 0 aromatic rings. The molecule has 3 heteroatoms. The maximum Gasteiger partial charge on any atom is 0.397 e. The van der Waals surface area contributed by atoms with Gasteiger partial charge >= 0.3 is 6.11 Å². The first-order chi connectivity index (χ1) is 5.52. The van der Waals surface area contributed by atoms with Crippen LogP contribution >= 0.6 is 0 Å². The van der Waals surface area contributed by atoms with E-state index >= 15 is 0 Å². The first-order valence-electron chi connectivity index (χ1n) is 3.94. The molecule has 0 aliphatic heterocycles. The van der Waals surface area contributed by atoms with E-state index in [2.05, 4.69) is 11.3 Å². The summed E-state index contributed by atoms with van der Waals surface area (Å²) in [6, 6.07) is 0. The number of halogens is 2. The van der Waals surface area contributed by atoms with Crippen LogP contribution in [0.25, 0.3) is 0 Å². The average Bonchev–Trinajstić information content (AvgIpc) is 2.00. The third-order valence-corrected chi connectivity index (χ3v) is 1.23. The summed E-state index contributed by atoms with van der Waals surface area (Å²) in [5.74, 6) is 0.00343. The minimum atomic E-state index is -3.09. The summed E-state index contributed by atoms with van der Waals surface area (Å²) < 4.78 is 29.3. The monoisotopic (exact) mass is 176 g/mol. The lowest BCUT2D eigenvalue weighted by Gasteiger charge is -2.15. The Morgan fingerprint density at radius 2 is 2.08 bits per heavy atom. The van der Waals surface area contributed by atoms with Gasteiger partial charge in [0.15, 0.2) is 0 Å². The highest BCUT2D eigenvalue weighted by atomic mass is 19.3. The Morgan fingerprint density at radius 3 is 2.50 bits per heavy atom. The fourth-order valence-electron chi connectivity index (χ4n) is 0.547. The van der Waals surface area contributed by atoms with Gasteiger partial charge in [-0.2, -0.15) is 8.78 Å². The molecule has 70 valence electrons. The Balaban J connectivity index is 3.92. The second kappa shape index (κ2) is 4.91. The van der Waals surface area contributed by atoms with E-state index in [-0.39, 0.29) is 12.2 Å². The van der Waals surface area contributed by atoms with Gasteiger partial charge in [-0.3, -0.25) is 0 Å². The first-order valence-corrected chi connectivity index (χ1v) is 3.94. The molecule has 0 saturated heterocycles. The van der Waals surface area contributed by atoms with Gasteiger partial charge in [0.05, 0.1) is 0 Å². The normalized spacial score (nSPS) is 12.0. The number of allylic oxidation sites excluding steroid dienone is 2. The van der Waals surface area contributed by atoms with Crippen LogP contribution in [0.3, 0.4) is 0 Å². The van der Waals surface area contributed by atoms with Crippen LogP contribution in [0.4, 0.5) is 8.78 Å². The smallest absolute Gasteiger partial charge is 0.397 e. The highest BCUT2D eigenvalue weighted by Crippen LogP contribution is 2.22. The van der Waals surface area contributed by atoms with Gasteiger partial charge in [-0.1, -0.05) is 26.5 Å². The molecule has 0 aromatic heterocycles. The Kier molecular flexibility index (Phi) is 4.55. The molecule has 12 heavy (non-hydrogen) atoms. The van der Waals surface area contributed by atoms with E-state index in [9.17, 15) is 8.78 Å².